The number of hydrogen-bond donors (Lipinski definition) is 2. The lowest BCUT2D eigenvalue weighted by Gasteiger charge is -2.16. The fourth-order valence-electron chi connectivity index (χ4n) is 3.45. The first-order valence-electron chi connectivity index (χ1n) is 10.3. The van der Waals surface area contributed by atoms with E-state index in [0.717, 1.165) is 54.6 Å². The fraction of sp³-hybridized carbons (Fsp3) is 0.391. The summed E-state index contributed by atoms with van der Waals surface area (Å²) in [5, 5.41) is 7.43. The predicted molar refractivity (Wildman–Crippen MR) is 119 cm³/mol. The van der Waals surface area contributed by atoms with Gasteiger partial charge >= 0.3 is 0 Å². The monoisotopic (exact) mass is 412 g/mol. The van der Waals surface area contributed by atoms with Gasteiger partial charge in [0.2, 0.25) is 5.91 Å². The number of amides is 1. The highest BCUT2D eigenvalue weighted by molar-refractivity contribution is 6.30. The molecule has 154 valence electrons. The number of guanidine groups is 1. The molecule has 0 atom stereocenters. The molecule has 5 nitrogen and oxygen atoms in total. The summed E-state index contributed by atoms with van der Waals surface area (Å²) in [7, 11) is 0. The average Bonchev–Trinajstić information content (AvgIpc) is 3.11. The first kappa shape index (κ1) is 21.2. The number of benzene rings is 2. The molecule has 2 aromatic carbocycles. The van der Waals surface area contributed by atoms with Gasteiger partial charge in [-0.15, -0.1) is 0 Å². The summed E-state index contributed by atoms with van der Waals surface area (Å²) in [5.41, 5.74) is 3.50. The van der Waals surface area contributed by atoms with Crippen LogP contribution in [0.3, 0.4) is 0 Å². The van der Waals surface area contributed by atoms with Gasteiger partial charge in [0.25, 0.3) is 0 Å². The van der Waals surface area contributed by atoms with E-state index in [1.165, 1.54) is 5.56 Å². The molecule has 29 heavy (non-hydrogen) atoms. The Morgan fingerprint density at radius 2 is 1.90 bits per heavy atom. The van der Waals surface area contributed by atoms with Crippen molar-refractivity contribution in [2.24, 2.45) is 4.99 Å². The maximum absolute atomic E-state index is 11.9. The number of carbonyl (C=O) groups excluding carboxylic acids is 1. The van der Waals surface area contributed by atoms with Crippen LogP contribution in [-0.4, -0.2) is 36.4 Å². The second-order valence-electron chi connectivity index (χ2n) is 7.24. The Morgan fingerprint density at radius 1 is 1.10 bits per heavy atom. The summed E-state index contributed by atoms with van der Waals surface area (Å²) in [6, 6.07) is 16.3. The predicted octanol–water partition coefficient (Wildman–Crippen LogP) is 3.76. The van der Waals surface area contributed by atoms with E-state index in [0.29, 0.717) is 19.5 Å². The number of rotatable bonds is 8. The molecule has 6 heteroatoms. The average molecular weight is 413 g/mol. The number of nitrogens with one attached hydrogen (secondary N) is 2. The van der Waals surface area contributed by atoms with Crippen molar-refractivity contribution in [1.29, 1.82) is 0 Å². The van der Waals surface area contributed by atoms with E-state index in [1.807, 2.05) is 29.2 Å². The molecule has 1 saturated heterocycles. The van der Waals surface area contributed by atoms with Crippen LogP contribution in [0.1, 0.15) is 36.5 Å². The molecule has 0 spiro atoms. The van der Waals surface area contributed by atoms with Gasteiger partial charge in [-0.1, -0.05) is 48.0 Å². The number of nitrogens with zero attached hydrogens (tertiary/aromatic N) is 2. The first-order chi connectivity index (χ1) is 14.1. The molecule has 0 radical (unpaired) electrons. The van der Waals surface area contributed by atoms with Crippen LogP contribution in [0.15, 0.2) is 53.5 Å². The third-order valence-electron chi connectivity index (χ3n) is 4.90. The second-order valence-corrected chi connectivity index (χ2v) is 7.68. The Kier molecular flexibility index (Phi) is 7.94. The van der Waals surface area contributed by atoms with Crippen molar-refractivity contribution in [2.45, 2.75) is 39.3 Å². The Hall–Kier alpha value is -2.53. The van der Waals surface area contributed by atoms with Crippen LogP contribution < -0.4 is 10.6 Å². The zero-order valence-corrected chi connectivity index (χ0v) is 17.7. The van der Waals surface area contributed by atoms with Crippen LogP contribution in [0.2, 0.25) is 5.02 Å². The lowest BCUT2D eigenvalue weighted by molar-refractivity contribution is -0.128. The summed E-state index contributed by atoms with van der Waals surface area (Å²) in [4.78, 5) is 18.5. The number of halogens is 1. The Balaban J connectivity index is 1.55. The Morgan fingerprint density at radius 3 is 2.66 bits per heavy atom. The third-order valence-corrected chi connectivity index (χ3v) is 5.13. The number of hydrogen-bond acceptors (Lipinski definition) is 2. The van der Waals surface area contributed by atoms with Gasteiger partial charge in [-0.3, -0.25) is 4.79 Å². The van der Waals surface area contributed by atoms with Crippen molar-refractivity contribution in [3.63, 3.8) is 0 Å². The molecule has 0 bridgehead atoms. The van der Waals surface area contributed by atoms with Crippen LogP contribution >= 0.6 is 11.6 Å². The van der Waals surface area contributed by atoms with E-state index in [-0.39, 0.29) is 5.91 Å². The maximum atomic E-state index is 11.9. The fourth-order valence-corrected chi connectivity index (χ4v) is 3.66. The van der Waals surface area contributed by atoms with Gasteiger partial charge in [-0.05, 0) is 48.6 Å². The summed E-state index contributed by atoms with van der Waals surface area (Å²) in [6.07, 6.45) is 2.52. The van der Waals surface area contributed by atoms with E-state index in [4.69, 9.17) is 16.6 Å². The van der Waals surface area contributed by atoms with E-state index in [2.05, 4.69) is 41.8 Å². The standard InChI is InChI=1S/C23H29ClN4O/c1-2-25-23(26-12-11-18-6-4-9-21(24)15-18)27-16-19-7-3-8-20(14-19)17-28-13-5-10-22(28)29/h3-4,6-9,14-15H,2,5,10-13,16-17H2,1H3,(H2,25,26,27). The zero-order chi connectivity index (χ0) is 20.5. The molecule has 0 aromatic heterocycles. The minimum Gasteiger partial charge on any atom is -0.357 e. The molecule has 0 aliphatic carbocycles. The number of likely N-dealkylation sites (tertiary alicyclic amines) is 1. The van der Waals surface area contributed by atoms with Gasteiger partial charge < -0.3 is 15.5 Å². The highest BCUT2D eigenvalue weighted by Gasteiger charge is 2.19. The quantitative estimate of drug-likeness (QED) is 0.512. The van der Waals surface area contributed by atoms with Crippen LogP contribution in [0.4, 0.5) is 0 Å². The smallest absolute Gasteiger partial charge is 0.222 e. The molecular weight excluding hydrogens is 384 g/mol. The Bertz CT molecular complexity index is 852. The molecule has 1 aliphatic rings. The highest BCUT2D eigenvalue weighted by Crippen LogP contribution is 2.15. The molecular formula is C23H29ClN4O. The van der Waals surface area contributed by atoms with Crippen molar-refractivity contribution in [1.82, 2.24) is 15.5 Å². The van der Waals surface area contributed by atoms with E-state index >= 15 is 0 Å². The lowest BCUT2D eigenvalue weighted by atomic mass is 10.1. The summed E-state index contributed by atoms with van der Waals surface area (Å²) < 4.78 is 0. The van der Waals surface area contributed by atoms with Gasteiger partial charge in [0, 0.05) is 37.6 Å². The summed E-state index contributed by atoms with van der Waals surface area (Å²) in [5.74, 6) is 1.06. The molecule has 0 unspecified atom stereocenters. The van der Waals surface area contributed by atoms with E-state index in [9.17, 15) is 4.79 Å². The SMILES string of the molecule is CCNC(=NCc1cccc(CN2CCCC2=O)c1)NCCc1cccc(Cl)c1. The molecule has 2 N–H and O–H groups in total. The van der Waals surface area contributed by atoms with E-state index < -0.39 is 0 Å². The van der Waals surface area contributed by atoms with Crippen LogP contribution in [-0.2, 0) is 24.3 Å². The number of aliphatic imine (C=N–C) groups is 1. The molecule has 1 aliphatic heterocycles. The molecule has 1 fully saturated rings. The lowest BCUT2D eigenvalue weighted by Crippen LogP contribution is -2.38. The summed E-state index contributed by atoms with van der Waals surface area (Å²) >= 11 is 6.05. The minimum atomic E-state index is 0.256. The molecule has 1 heterocycles. The van der Waals surface area contributed by atoms with Crippen LogP contribution in [0.25, 0.3) is 0 Å². The van der Waals surface area contributed by atoms with Gasteiger partial charge in [-0.25, -0.2) is 4.99 Å². The molecule has 3 rings (SSSR count). The Labute approximate surface area is 178 Å². The normalized spacial score (nSPS) is 14.3. The van der Waals surface area contributed by atoms with Gasteiger partial charge in [0.05, 0.1) is 6.54 Å². The number of carbonyl (C=O) groups is 1. The summed E-state index contributed by atoms with van der Waals surface area (Å²) in [6.45, 7) is 5.79. The third kappa shape index (κ3) is 6.79. The van der Waals surface area contributed by atoms with Crippen molar-refractivity contribution >= 4 is 23.5 Å². The van der Waals surface area contributed by atoms with Gasteiger partial charge in [-0.2, -0.15) is 0 Å². The topological polar surface area (TPSA) is 56.7 Å². The van der Waals surface area contributed by atoms with Crippen LogP contribution in [0, 0.1) is 0 Å². The molecule has 1 amide bonds. The first-order valence-corrected chi connectivity index (χ1v) is 10.6. The highest BCUT2D eigenvalue weighted by atomic mass is 35.5. The minimum absolute atomic E-state index is 0.256. The van der Waals surface area contributed by atoms with Crippen molar-refractivity contribution < 1.29 is 4.79 Å². The van der Waals surface area contributed by atoms with Crippen molar-refractivity contribution in [3.05, 3.63) is 70.2 Å². The second kappa shape index (κ2) is 10.9. The van der Waals surface area contributed by atoms with Crippen molar-refractivity contribution in [2.75, 3.05) is 19.6 Å². The van der Waals surface area contributed by atoms with Gasteiger partial charge in [0.1, 0.15) is 0 Å². The molecule has 2 aromatic rings. The van der Waals surface area contributed by atoms with Gasteiger partial charge in [0.15, 0.2) is 5.96 Å². The molecule has 0 saturated carbocycles. The van der Waals surface area contributed by atoms with Crippen molar-refractivity contribution in [3.8, 4) is 0 Å². The van der Waals surface area contributed by atoms with E-state index in [1.54, 1.807) is 0 Å². The maximum Gasteiger partial charge on any atom is 0.222 e. The van der Waals surface area contributed by atoms with Crippen LogP contribution in [0.5, 0.6) is 0 Å². The zero-order valence-electron chi connectivity index (χ0n) is 17.0. The largest absolute Gasteiger partial charge is 0.357 e.